The molecule has 2 N–H and O–H groups in total. The Labute approximate surface area is 173 Å². The number of para-hydroxylation sites is 1. The molecule has 0 aliphatic carbocycles. The molecular formula is C18H22ClN5O5. The first-order valence-corrected chi connectivity index (χ1v) is 8.81. The van der Waals surface area contributed by atoms with Gasteiger partial charge in [0.2, 0.25) is 0 Å². The molecule has 11 heteroatoms. The molecule has 0 atom stereocenters. The SMILES string of the molecule is CCOC(=O)n1nc2c(c1NC(=O)c1ccccc1[N+](=O)[O-])CNCC2(C)C.Cl. The van der Waals surface area contributed by atoms with Crippen molar-refractivity contribution in [3.63, 3.8) is 0 Å². The van der Waals surface area contributed by atoms with E-state index in [9.17, 15) is 19.7 Å². The number of halogens is 1. The molecule has 1 aliphatic heterocycles. The zero-order valence-corrected chi connectivity index (χ0v) is 17.0. The molecule has 0 unspecified atom stereocenters. The van der Waals surface area contributed by atoms with Crippen LogP contribution in [0, 0.1) is 10.1 Å². The third-order valence-electron chi connectivity index (χ3n) is 4.51. The lowest BCUT2D eigenvalue weighted by Gasteiger charge is -2.29. The van der Waals surface area contributed by atoms with Crippen molar-refractivity contribution in [2.45, 2.75) is 32.7 Å². The zero-order valence-electron chi connectivity index (χ0n) is 16.2. The number of nitro groups is 1. The van der Waals surface area contributed by atoms with Gasteiger partial charge in [-0.15, -0.1) is 17.1 Å². The predicted octanol–water partition coefficient (Wildman–Crippen LogP) is 2.85. The van der Waals surface area contributed by atoms with Crippen molar-refractivity contribution in [3.05, 3.63) is 51.2 Å². The summed E-state index contributed by atoms with van der Waals surface area (Å²) in [7, 11) is 0. The summed E-state index contributed by atoms with van der Waals surface area (Å²) in [5, 5.41) is 21.5. The summed E-state index contributed by atoms with van der Waals surface area (Å²) in [6, 6.07) is 5.61. The molecule has 1 aromatic carbocycles. The summed E-state index contributed by atoms with van der Waals surface area (Å²) < 4.78 is 6.05. The van der Waals surface area contributed by atoms with Crippen LogP contribution in [0.25, 0.3) is 0 Å². The van der Waals surface area contributed by atoms with Crippen LogP contribution in [0.5, 0.6) is 0 Å². The number of nitrogens with zero attached hydrogens (tertiary/aromatic N) is 3. The minimum atomic E-state index is -0.731. The molecule has 1 aromatic heterocycles. The second-order valence-electron chi connectivity index (χ2n) is 7.00. The highest BCUT2D eigenvalue weighted by molar-refractivity contribution is 6.07. The average Bonchev–Trinajstić information content (AvgIpc) is 3.02. The van der Waals surface area contributed by atoms with Gasteiger partial charge in [0.1, 0.15) is 11.4 Å². The molecule has 1 amide bonds. The second-order valence-corrected chi connectivity index (χ2v) is 7.00. The smallest absolute Gasteiger partial charge is 0.436 e. The van der Waals surface area contributed by atoms with E-state index in [1.165, 1.54) is 24.3 Å². The monoisotopic (exact) mass is 423 g/mol. The van der Waals surface area contributed by atoms with Crippen LogP contribution in [0.1, 0.15) is 42.4 Å². The fourth-order valence-electron chi connectivity index (χ4n) is 3.19. The summed E-state index contributed by atoms with van der Waals surface area (Å²) in [5.74, 6) is -0.555. The topological polar surface area (TPSA) is 128 Å². The number of anilines is 1. The highest BCUT2D eigenvalue weighted by Gasteiger charge is 2.36. The van der Waals surface area contributed by atoms with Crippen LogP contribution in [0.15, 0.2) is 24.3 Å². The first-order valence-electron chi connectivity index (χ1n) is 8.81. The van der Waals surface area contributed by atoms with Crippen molar-refractivity contribution in [1.29, 1.82) is 0 Å². The molecule has 29 heavy (non-hydrogen) atoms. The highest BCUT2D eigenvalue weighted by atomic mass is 35.5. The van der Waals surface area contributed by atoms with Gasteiger partial charge in [0.25, 0.3) is 11.6 Å². The van der Waals surface area contributed by atoms with Crippen molar-refractivity contribution in [2.75, 3.05) is 18.5 Å². The fourth-order valence-corrected chi connectivity index (χ4v) is 3.19. The van der Waals surface area contributed by atoms with Crippen LogP contribution < -0.4 is 10.6 Å². The van der Waals surface area contributed by atoms with Gasteiger partial charge in [0.05, 0.1) is 17.2 Å². The Hall–Kier alpha value is -2.98. The zero-order chi connectivity index (χ0) is 20.5. The maximum absolute atomic E-state index is 12.8. The number of fused-ring (bicyclic) bond motifs is 1. The lowest BCUT2D eigenvalue weighted by atomic mass is 9.84. The Bertz CT molecular complexity index is 956. The molecule has 0 bridgehead atoms. The third-order valence-corrected chi connectivity index (χ3v) is 4.51. The molecule has 0 radical (unpaired) electrons. The van der Waals surface area contributed by atoms with Crippen LogP contribution >= 0.6 is 12.4 Å². The number of hydrogen-bond donors (Lipinski definition) is 2. The number of carbonyl (C=O) groups is 2. The largest absolute Gasteiger partial charge is 0.448 e. The quantitative estimate of drug-likeness (QED) is 0.571. The van der Waals surface area contributed by atoms with Crippen molar-refractivity contribution < 1.29 is 19.2 Å². The maximum Gasteiger partial charge on any atom is 0.436 e. The number of ether oxygens (including phenoxy) is 1. The van der Waals surface area contributed by atoms with E-state index in [1.54, 1.807) is 6.92 Å². The van der Waals surface area contributed by atoms with Gasteiger partial charge in [0, 0.05) is 30.1 Å². The first-order chi connectivity index (χ1) is 13.3. The minimum absolute atomic E-state index is 0. The van der Waals surface area contributed by atoms with Crippen molar-refractivity contribution >= 4 is 35.9 Å². The van der Waals surface area contributed by atoms with Crippen LogP contribution in [-0.2, 0) is 16.7 Å². The summed E-state index contributed by atoms with van der Waals surface area (Å²) in [4.78, 5) is 35.8. The van der Waals surface area contributed by atoms with Crippen molar-refractivity contribution in [2.24, 2.45) is 0 Å². The number of nitro benzene ring substituents is 1. The second kappa shape index (κ2) is 8.58. The van der Waals surface area contributed by atoms with E-state index in [1.807, 2.05) is 13.8 Å². The minimum Gasteiger partial charge on any atom is -0.448 e. The van der Waals surface area contributed by atoms with Gasteiger partial charge in [-0.3, -0.25) is 14.9 Å². The Morgan fingerprint density at radius 2 is 2.07 bits per heavy atom. The summed E-state index contributed by atoms with van der Waals surface area (Å²) >= 11 is 0. The molecule has 0 saturated heterocycles. The molecule has 2 aromatic rings. The summed E-state index contributed by atoms with van der Waals surface area (Å²) in [6.07, 6.45) is -0.731. The molecule has 10 nitrogen and oxygen atoms in total. The van der Waals surface area contributed by atoms with Crippen LogP contribution in [0.4, 0.5) is 16.3 Å². The molecule has 1 aliphatic rings. The van der Waals surface area contributed by atoms with E-state index >= 15 is 0 Å². The molecule has 3 rings (SSSR count). The Morgan fingerprint density at radius 1 is 1.38 bits per heavy atom. The van der Waals surface area contributed by atoms with Crippen molar-refractivity contribution in [3.8, 4) is 0 Å². The normalized spacial score (nSPS) is 14.3. The number of rotatable bonds is 4. The highest BCUT2D eigenvalue weighted by Crippen LogP contribution is 2.34. The van der Waals surface area contributed by atoms with Gasteiger partial charge in [-0.05, 0) is 13.0 Å². The number of carbonyl (C=O) groups excluding carboxylic acids is 2. The maximum atomic E-state index is 12.8. The predicted molar refractivity (Wildman–Crippen MR) is 108 cm³/mol. The van der Waals surface area contributed by atoms with Crippen LogP contribution in [-0.4, -0.2) is 39.9 Å². The summed E-state index contributed by atoms with van der Waals surface area (Å²) in [5.41, 5.74) is 0.507. The number of benzene rings is 1. The van der Waals surface area contributed by atoms with E-state index < -0.39 is 16.9 Å². The fraction of sp³-hybridized carbons (Fsp3) is 0.389. The third kappa shape index (κ3) is 4.22. The molecule has 156 valence electrons. The van der Waals surface area contributed by atoms with E-state index in [2.05, 4.69) is 15.7 Å². The Morgan fingerprint density at radius 3 is 2.72 bits per heavy atom. The van der Waals surface area contributed by atoms with Crippen LogP contribution in [0.2, 0.25) is 0 Å². The number of hydrogen-bond acceptors (Lipinski definition) is 7. The van der Waals surface area contributed by atoms with Gasteiger partial charge >= 0.3 is 6.09 Å². The number of amides is 1. The molecule has 2 heterocycles. The first kappa shape index (κ1) is 22.3. The lowest BCUT2D eigenvalue weighted by molar-refractivity contribution is -0.385. The molecule has 0 fully saturated rings. The van der Waals surface area contributed by atoms with Gasteiger partial charge in [0.15, 0.2) is 0 Å². The van der Waals surface area contributed by atoms with Crippen molar-refractivity contribution in [1.82, 2.24) is 15.1 Å². The van der Waals surface area contributed by atoms with E-state index in [0.29, 0.717) is 24.3 Å². The Balaban J connectivity index is 0.00000300. The van der Waals surface area contributed by atoms with Gasteiger partial charge in [-0.25, -0.2) is 4.79 Å². The van der Waals surface area contributed by atoms with Gasteiger partial charge in [-0.2, -0.15) is 5.10 Å². The van der Waals surface area contributed by atoms with Gasteiger partial charge < -0.3 is 15.4 Å². The number of nitrogens with one attached hydrogen (secondary N) is 2. The van der Waals surface area contributed by atoms with E-state index in [4.69, 9.17) is 4.74 Å². The summed E-state index contributed by atoms with van der Waals surface area (Å²) in [6.45, 7) is 6.78. The van der Waals surface area contributed by atoms with Crippen LogP contribution in [0.3, 0.4) is 0 Å². The Kier molecular flexibility index (Phi) is 6.60. The molecule has 0 saturated carbocycles. The van der Waals surface area contributed by atoms with E-state index in [0.717, 1.165) is 4.68 Å². The van der Waals surface area contributed by atoms with E-state index in [-0.39, 0.29) is 41.5 Å². The van der Waals surface area contributed by atoms with Gasteiger partial charge in [-0.1, -0.05) is 26.0 Å². The molecule has 0 spiro atoms. The standard InChI is InChI=1S/C18H21N5O5.ClH/c1-4-28-17(25)22-15(12-9-19-10-18(2,3)14(12)21-22)20-16(24)11-7-5-6-8-13(11)23(26)27;/h5-8,19H,4,9-10H2,1-3H3,(H,20,24);1H. The molecular weight excluding hydrogens is 402 g/mol. The average molecular weight is 424 g/mol. The number of aromatic nitrogens is 2. The lowest BCUT2D eigenvalue weighted by Crippen LogP contribution is -2.38.